The first-order chi connectivity index (χ1) is 9.74. The summed E-state index contributed by atoms with van der Waals surface area (Å²) < 4.78 is 0. The predicted molar refractivity (Wildman–Crippen MR) is 80.0 cm³/mol. The summed E-state index contributed by atoms with van der Waals surface area (Å²) in [6, 6.07) is 17.2. The molecule has 20 heavy (non-hydrogen) atoms. The number of carbonyl (C=O) groups excluding carboxylic acids is 1. The van der Waals surface area contributed by atoms with Crippen LogP contribution in [0.3, 0.4) is 0 Å². The van der Waals surface area contributed by atoms with Gasteiger partial charge in [-0.1, -0.05) is 18.2 Å². The molecule has 1 aromatic heterocycles. The Balaban J connectivity index is 2.01. The van der Waals surface area contributed by atoms with Gasteiger partial charge in [0, 0.05) is 23.0 Å². The van der Waals surface area contributed by atoms with Gasteiger partial charge in [-0.15, -0.1) is 0 Å². The summed E-state index contributed by atoms with van der Waals surface area (Å²) in [6.45, 7) is 0. The number of rotatable bonds is 3. The van der Waals surface area contributed by atoms with Gasteiger partial charge in [-0.25, -0.2) is 0 Å². The Bertz CT molecular complexity index is 769. The Labute approximate surface area is 116 Å². The average Bonchev–Trinajstić information content (AvgIpc) is 2.47. The van der Waals surface area contributed by atoms with Crippen molar-refractivity contribution >= 4 is 28.2 Å². The van der Waals surface area contributed by atoms with Crippen LogP contribution in [0.1, 0.15) is 10.4 Å². The molecule has 0 unspecified atom stereocenters. The number of carbonyl (C=O) groups is 1. The number of primary amides is 1. The smallest absolute Gasteiger partial charge is 0.249 e. The first-order valence-corrected chi connectivity index (χ1v) is 6.25. The molecule has 0 saturated carbocycles. The summed E-state index contributed by atoms with van der Waals surface area (Å²) in [6.07, 6.45) is 1.59. The molecule has 0 fully saturated rings. The minimum Gasteiger partial charge on any atom is -0.366 e. The van der Waals surface area contributed by atoms with E-state index < -0.39 is 5.91 Å². The molecule has 0 aliphatic carbocycles. The van der Waals surface area contributed by atoms with Gasteiger partial charge in [0.25, 0.3) is 0 Å². The van der Waals surface area contributed by atoms with Gasteiger partial charge in [0.15, 0.2) is 0 Å². The zero-order valence-electron chi connectivity index (χ0n) is 10.7. The molecular weight excluding hydrogens is 250 g/mol. The number of fused-ring (bicyclic) bond motifs is 1. The molecule has 1 amide bonds. The van der Waals surface area contributed by atoms with Crippen molar-refractivity contribution in [3.05, 3.63) is 66.4 Å². The molecule has 0 spiro atoms. The maximum atomic E-state index is 11.4. The van der Waals surface area contributed by atoms with Crippen LogP contribution in [0.5, 0.6) is 0 Å². The quantitative estimate of drug-likeness (QED) is 0.763. The number of nitrogens with one attached hydrogen (secondary N) is 1. The van der Waals surface area contributed by atoms with Gasteiger partial charge in [0.05, 0.1) is 11.1 Å². The summed E-state index contributed by atoms with van der Waals surface area (Å²) in [5.41, 5.74) is 8.50. The number of pyridine rings is 1. The van der Waals surface area contributed by atoms with Crippen molar-refractivity contribution in [3.8, 4) is 0 Å². The third-order valence-corrected chi connectivity index (χ3v) is 3.07. The molecule has 2 aromatic carbocycles. The van der Waals surface area contributed by atoms with Crippen LogP contribution in [-0.4, -0.2) is 10.9 Å². The van der Waals surface area contributed by atoms with E-state index in [-0.39, 0.29) is 0 Å². The summed E-state index contributed by atoms with van der Waals surface area (Å²) in [4.78, 5) is 15.6. The fourth-order valence-electron chi connectivity index (χ4n) is 2.13. The number of nitrogens with two attached hydrogens (primary N) is 1. The minimum atomic E-state index is -0.443. The minimum absolute atomic E-state index is 0.443. The zero-order chi connectivity index (χ0) is 13.9. The van der Waals surface area contributed by atoms with Crippen LogP contribution < -0.4 is 11.1 Å². The first kappa shape index (κ1) is 12.2. The van der Waals surface area contributed by atoms with E-state index >= 15 is 0 Å². The molecule has 0 aliphatic heterocycles. The SMILES string of the molecule is NC(=O)c1ccnc2cc(Nc3ccccc3)ccc12. The molecule has 0 aliphatic rings. The molecule has 3 rings (SSSR count). The second-order valence-corrected chi connectivity index (χ2v) is 4.45. The van der Waals surface area contributed by atoms with Crippen LogP contribution in [0.4, 0.5) is 11.4 Å². The normalized spacial score (nSPS) is 10.4. The van der Waals surface area contributed by atoms with Crippen molar-refractivity contribution in [1.29, 1.82) is 0 Å². The molecule has 0 saturated heterocycles. The Kier molecular flexibility index (Phi) is 3.05. The Morgan fingerprint density at radius 3 is 2.55 bits per heavy atom. The molecule has 3 N–H and O–H groups in total. The molecule has 0 radical (unpaired) electrons. The van der Waals surface area contributed by atoms with Crippen LogP contribution in [0.2, 0.25) is 0 Å². The van der Waals surface area contributed by atoms with E-state index in [0.29, 0.717) is 5.56 Å². The molecule has 3 aromatic rings. The third kappa shape index (κ3) is 2.31. The van der Waals surface area contributed by atoms with E-state index in [0.717, 1.165) is 22.3 Å². The number of hydrogen-bond donors (Lipinski definition) is 2. The average molecular weight is 263 g/mol. The third-order valence-electron chi connectivity index (χ3n) is 3.07. The number of hydrogen-bond acceptors (Lipinski definition) is 3. The van der Waals surface area contributed by atoms with E-state index in [4.69, 9.17) is 5.73 Å². The monoisotopic (exact) mass is 263 g/mol. The Morgan fingerprint density at radius 2 is 1.80 bits per heavy atom. The van der Waals surface area contributed by atoms with Crippen LogP contribution in [0, 0.1) is 0 Å². The Hall–Kier alpha value is -2.88. The fourth-order valence-corrected chi connectivity index (χ4v) is 2.13. The summed E-state index contributed by atoms with van der Waals surface area (Å²) >= 11 is 0. The lowest BCUT2D eigenvalue weighted by molar-refractivity contribution is 0.100. The van der Waals surface area contributed by atoms with E-state index in [9.17, 15) is 4.79 Å². The lowest BCUT2D eigenvalue weighted by atomic mass is 10.1. The largest absolute Gasteiger partial charge is 0.366 e. The van der Waals surface area contributed by atoms with Crippen molar-refractivity contribution in [3.63, 3.8) is 0 Å². The standard InChI is InChI=1S/C16H13N3O/c17-16(20)14-8-9-18-15-10-12(6-7-13(14)15)19-11-4-2-1-3-5-11/h1-10,19H,(H2,17,20). The lowest BCUT2D eigenvalue weighted by Crippen LogP contribution is -2.11. The Morgan fingerprint density at radius 1 is 1.00 bits per heavy atom. The number of amides is 1. The summed E-state index contributed by atoms with van der Waals surface area (Å²) in [5, 5.41) is 4.05. The van der Waals surface area contributed by atoms with E-state index in [1.54, 1.807) is 12.3 Å². The molecule has 0 atom stereocenters. The maximum absolute atomic E-state index is 11.4. The van der Waals surface area contributed by atoms with E-state index in [1.165, 1.54) is 0 Å². The molecule has 1 heterocycles. The van der Waals surface area contributed by atoms with Crippen molar-refractivity contribution < 1.29 is 4.79 Å². The molecule has 98 valence electrons. The van der Waals surface area contributed by atoms with Gasteiger partial charge in [-0.2, -0.15) is 0 Å². The molecule has 4 nitrogen and oxygen atoms in total. The van der Waals surface area contributed by atoms with Crippen LogP contribution in [0.25, 0.3) is 10.9 Å². The van der Waals surface area contributed by atoms with Crippen LogP contribution in [0.15, 0.2) is 60.8 Å². The van der Waals surface area contributed by atoms with Gasteiger partial charge in [0.2, 0.25) is 5.91 Å². The van der Waals surface area contributed by atoms with Crippen LogP contribution >= 0.6 is 0 Å². The molecule has 4 heteroatoms. The zero-order valence-corrected chi connectivity index (χ0v) is 10.7. The lowest BCUT2D eigenvalue weighted by Gasteiger charge is -2.08. The van der Waals surface area contributed by atoms with Gasteiger partial charge in [0.1, 0.15) is 0 Å². The van der Waals surface area contributed by atoms with Crippen molar-refractivity contribution in [2.45, 2.75) is 0 Å². The van der Waals surface area contributed by atoms with Crippen molar-refractivity contribution in [2.24, 2.45) is 5.73 Å². The van der Waals surface area contributed by atoms with Gasteiger partial charge >= 0.3 is 0 Å². The molecule has 0 bridgehead atoms. The maximum Gasteiger partial charge on any atom is 0.249 e. The number of anilines is 2. The number of benzene rings is 2. The molecular formula is C16H13N3O. The highest BCUT2D eigenvalue weighted by molar-refractivity contribution is 6.05. The summed E-state index contributed by atoms with van der Waals surface area (Å²) in [7, 11) is 0. The van der Waals surface area contributed by atoms with Crippen molar-refractivity contribution in [1.82, 2.24) is 4.98 Å². The highest BCUT2D eigenvalue weighted by Crippen LogP contribution is 2.23. The van der Waals surface area contributed by atoms with E-state index in [2.05, 4.69) is 10.3 Å². The predicted octanol–water partition coefficient (Wildman–Crippen LogP) is 3.08. The topological polar surface area (TPSA) is 68.0 Å². The fraction of sp³-hybridized carbons (Fsp3) is 0. The number of nitrogens with zero attached hydrogens (tertiary/aromatic N) is 1. The highest BCUT2D eigenvalue weighted by Gasteiger charge is 2.07. The highest BCUT2D eigenvalue weighted by atomic mass is 16.1. The number of para-hydroxylation sites is 1. The first-order valence-electron chi connectivity index (χ1n) is 6.25. The second-order valence-electron chi connectivity index (χ2n) is 4.45. The van der Waals surface area contributed by atoms with Gasteiger partial charge < -0.3 is 11.1 Å². The number of aromatic nitrogens is 1. The van der Waals surface area contributed by atoms with E-state index in [1.807, 2.05) is 48.5 Å². The van der Waals surface area contributed by atoms with Crippen molar-refractivity contribution in [2.75, 3.05) is 5.32 Å². The second kappa shape index (κ2) is 5.01. The summed E-state index contributed by atoms with van der Waals surface area (Å²) in [5.74, 6) is -0.443. The van der Waals surface area contributed by atoms with Gasteiger partial charge in [-0.3, -0.25) is 9.78 Å². The van der Waals surface area contributed by atoms with Crippen LogP contribution in [-0.2, 0) is 0 Å². The van der Waals surface area contributed by atoms with Gasteiger partial charge in [-0.05, 0) is 36.4 Å².